The number of imidazole rings is 1. The minimum atomic E-state index is -0.592. The standard InChI is InChI=1S/C11H13N5O2/c1-3-18-11(17)16-15-7(2)9-13-8-5-4-6-12-10(8)14-9/h4-6H,3H2,1-2H3,(H,16,17)(H,12,13,14)/b15-7+. The molecule has 0 aliphatic heterocycles. The van der Waals surface area contributed by atoms with Gasteiger partial charge in [-0.25, -0.2) is 20.2 Å². The van der Waals surface area contributed by atoms with Gasteiger partial charge in [-0.1, -0.05) is 0 Å². The van der Waals surface area contributed by atoms with Crippen LogP contribution in [-0.2, 0) is 4.74 Å². The van der Waals surface area contributed by atoms with Gasteiger partial charge in [0.2, 0.25) is 0 Å². The Morgan fingerprint density at radius 3 is 3.17 bits per heavy atom. The molecule has 1 amide bonds. The Kier molecular flexibility index (Phi) is 3.52. The third kappa shape index (κ3) is 2.62. The topological polar surface area (TPSA) is 92.3 Å². The molecule has 18 heavy (non-hydrogen) atoms. The number of pyridine rings is 1. The number of H-pyrrole nitrogens is 1. The first-order chi connectivity index (χ1) is 8.70. The molecule has 7 heteroatoms. The van der Waals surface area contributed by atoms with Gasteiger partial charge in [-0.15, -0.1) is 0 Å². The number of carbonyl (C=O) groups excluding carboxylic acids is 1. The average molecular weight is 247 g/mol. The zero-order chi connectivity index (χ0) is 13.0. The predicted molar refractivity (Wildman–Crippen MR) is 66.3 cm³/mol. The normalized spacial score (nSPS) is 11.6. The molecule has 7 nitrogen and oxygen atoms in total. The fraction of sp³-hybridized carbons (Fsp3) is 0.273. The van der Waals surface area contributed by atoms with Crippen molar-refractivity contribution in [3.63, 3.8) is 0 Å². The molecule has 0 fully saturated rings. The van der Waals surface area contributed by atoms with E-state index >= 15 is 0 Å². The molecule has 0 spiro atoms. The highest BCUT2D eigenvalue weighted by Gasteiger charge is 2.06. The number of hydrogen-bond donors (Lipinski definition) is 2. The molecule has 0 aliphatic rings. The number of nitrogens with zero attached hydrogens (tertiary/aromatic N) is 3. The first-order valence-corrected chi connectivity index (χ1v) is 5.49. The van der Waals surface area contributed by atoms with Crippen molar-refractivity contribution in [1.82, 2.24) is 20.4 Å². The third-order valence-electron chi connectivity index (χ3n) is 2.19. The van der Waals surface area contributed by atoms with Gasteiger partial charge in [-0.05, 0) is 26.0 Å². The molecule has 0 saturated heterocycles. The van der Waals surface area contributed by atoms with E-state index in [1.165, 1.54) is 0 Å². The van der Waals surface area contributed by atoms with Crippen molar-refractivity contribution in [2.45, 2.75) is 13.8 Å². The molecule has 0 atom stereocenters. The van der Waals surface area contributed by atoms with Crippen molar-refractivity contribution in [3.05, 3.63) is 24.2 Å². The number of rotatable bonds is 3. The summed E-state index contributed by atoms with van der Waals surface area (Å²) in [6, 6.07) is 3.68. The predicted octanol–water partition coefficient (Wildman–Crippen LogP) is 1.43. The highest BCUT2D eigenvalue weighted by molar-refractivity contribution is 5.98. The van der Waals surface area contributed by atoms with Gasteiger partial charge in [-0.3, -0.25) is 0 Å². The van der Waals surface area contributed by atoms with Gasteiger partial charge in [-0.2, -0.15) is 5.10 Å². The third-order valence-corrected chi connectivity index (χ3v) is 2.19. The monoisotopic (exact) mass is 247 g/mol. The Labute approximate surface area is 103 Å². The Balaban J connectivity index is 2.15. The van der Waals surface area contributed by atoms with Gasteiger partial charge in [0.05, 0.1) is 12.1 Å². The quantitative estimate of drug-likeness (QED) is 0.633. The fourth-order valence-electron chi connectivity index (χ4n) is 1.36. The second-order valence-corrected chi connectivity index (χ2v) is 3.49. The van der Waals surface area contributed by atoms with Crippen molar-refractivity contribution >= 4 is 23.0 Å². The van der Waals surface area contributed by atoms with Crippen LogP contribution in [0.25, 0.3) is 11.2 Å². The molecule has 0 bridgehead atoms. The van der Waals surface area contributed by atoms with E-state index in [4.69, 9.17) is 0 Å². The van der Waals surface area contributed by atoms with Crippen LogP contribution in [-0.4, -0.2) is 33.4 Å². The number of ether oxygens (including phenoxy) is 1. The van der Waals surface area contributed by atoms with E-state index in [0.29, 0.717) is 23.8 Å². The van der Waals surface area contributed by atoms with E-state index in [1.807, 2.05) is 12.1 Å². The largest absolute Gasteiger partial charge is 0.449 e. The minimum absolute atomic E-state index is 0.301. The average Bonchev–Trinajstić information content (AvgIpc) is 2.80. The van der Waals surface area contributed by atoms with Crippen LogP contribution in [0.5, 0.6) is 0 Å². The lowest BCUT2D eigenvalue weighted by Crippen LogP contribution is -2.20. The molecule has 2 rings (SSSR count). The summed E-state index contributed by atoms with van der Waals surface area (Å²) >= 11 is 0. The maximum atomic E-state index is 11.1. The van der Waals surface area contributed by atoms with Gasteiger partial charge < -0.3 is 9.72 Å². The van der Waals surface area contributed by atoms with E-state index in [0.717, 1.165) is 5.52 Å². The first-order valence-electron chi connectivity index (χ1n) is 5.49. The zero-order valence-corrected chi connectivity index (χ0v) is 10.1. The van der Waals surface area contributed by atoms with Gasteiger partial charge in [0, 0.05) is 6.20 Å². The Hall–Kier alpha value is -2.44. The summed E-state index contributed by atoms with van der Waals surface area (Å²) in [5.41, 5.74) is 4.24. The van der Waals surface area contributed by atoms with Crippen molar-refractivity contribution < 1.29 is 9.53 Å². The summed E-state index contributed by atoms with van der Waals surface area (Å²) in [6.07, 6.45) is 1.07. The number of amides is 1. The number of aromatic amines is 1. The summed E-state index contributed by atoms with van der Waals surface area (Å²) in [5, 5.41) is 3.88. The molecule has 0 unspecified atom stereocenters. The number of nitrogens with one attached hydrogen (secondary N) is 2. The number of hydrazone groups is 1. The molecule has 0 aliphatic carbocycles. The second-order valence-electron chi connectivity index (χ2n) is 3.49. The van der Waals surface area contributed by atoms with Crippen LogP contribution in [0.3, 0.4) is 0 Å². The maximum absolute atomic E-state index is 11.1. The molecular formula is C11H13N5O2. The van der Waals surface area contributed by atoms with Gasteiger partial charge in [0.15, 0.2) is 11.5 Å². The van der Waals surface area contributed by atoms with Crippen LogP contribution in [0.2, 0.25) is 0 Å². The lowest BCUT2D eigenvalue weighted by Gasteiger charge is -2.00. The summed E-state index contributed by atoms with van der Waals surface area (Å²) in [4.78, 5) is 22.5. The molecule has 2 heterocycles. The number of hydrogen-bond acceptors (Lipinski definition) is 5. The molecule has 0 saturated carbocycles. The molecule has 94 valence electrons. The molecular weight excluding hydrogens is 234 g/mol. The van der Waals surface area contributed by atoms with E-state index < -0.39 is 6.09 Å². The molecule has 2 aromatic rings. The van der Waals surface area contributed by atoms with E-state index in [2.05, 4.69) is 30.2 Å². The summed E-state index contributed by atoms with van der Waals surface area (Å²) < 4.78 is 4.69. The Bertz CT molecular complexity index is 557. The van der Waals surface area contributed by atoms with Crippen LogP contribution in [0.1, 0.15) is 19.7 Å². The first kappa shape index (κ1) is 12.0. The molecule has 0 radical (unpaired) electrons. The van der Waals surface area contributed by atoms with Crippen LogP contribution >= 0.6 is 0 Å². The Morgan fingerprint density at radius 1 is 1.61 bits per heavy atom. The summed E-state index contributed by atoms with van der Waals surface area (Å²) in [6.45, 7) is 3.75. The van der Waals surface area contributed by atoms with Crippen LogP contribution in [0, 0.1) is 0 Å². The number of fused-ring (bicyclic) bond motifs is 1. The van der Waals surface area contributed by atoms with Gasteiger partial charge in [0.25, 0.3) is 0 Å². The molecule has 2 aromatic heterocycles. The number of carbonyl (C=O) groups is 1. The van der Waals surface area contributed by atoms with E-state index in [9.17, 15) is 4.79 Å². The summed E-state index contributed by atoms with van der Waals surface area (Å²) in [7, 11) is 0. The van der Waals surface area contributed by atoms with Crippen LogP contribution in [0.4, 0.5) is 4.79 Å². The highest BCUT2D eigenvalue weighted by atomic mass is 16.5. The van der Waals surface area contributed by atoms with Crippen molar-refractivity contribution in [1.29, 1.82) is 0 Å². The summed E-state index contributed by atoms with van der Waals surface area (Å²) in [5.74, 6) is 0.556. The highest BCUT2D eigenvalue weighted by Crippen LogP contribution is 2.07. The zero-order valence-electron chi connectivity index (χ0n) is 10.1. The van der Waals surface area contributed by atoms with E-state index in [1.54, 1.807) is 20.0 Å². The Morgan fingerprint density at radius 2 is 2.44 bits per heavy atom. The van der Waals surface area contributed by atoms with E-state index in [-0.39, 0.29) is 0 Å². The van der Waals surface area contributed by atoms with Crippen molar-refractivity contribution in [2.75, 3.05) is 6.61 Å². The van der Waals surface area contributed by atoms with Crippen molar-refractivity contribution in [2.24, 2.45) is 5.10 Å². The van der Waals surface area contributed by atoms with Gasteiger partial charge in [0.1, 0.15) is 5.71 Å². The maximum Gasteiger partial charge on any atom is 0.427 e. The SMILES string of the molecule is CCOC(=O)N/N=C(\C)c1nc2ncccc2[nH]1. The smallest absolute Gasteiger partial charge is 0.427 e. The lowest BCUT2D eigenvalue weighted by molar-refractivity contribution is 0.152. The molecule has 2 N–H and O–H groups in total. The molecule has 0 aromatic carbocycles. The second kappa shape index (κ2) is 5.26. The lowest BCUT2D eigenvalue weighted by atomic mass is 10.4. The van der Waals surface area contributed by atoms with Crippen LogP contribution in [0.15, 0.2) is 23.4 Å². The fourth-order valence-corrected chi connectivity index (χ4v) is 1.36. The van der Waals surface area contributed by atoms with Gasteiger partial charge >= 0.3 is 6.09 Å². The van der Waals surface area contributed by atoms with Crippen molar-refractivity contribution in [3.8, 4) is 0 Å². The number of aromatic nitrogens is 3. The minimum Gasteiger partial charge on any atom is -0.449 e. The van der Waals surface area contributed by atoms with Crippen LogP contribution < -0.4 is 5.43 Å².